The first-order chi connectivity index (χ1) is 9.13. The lowest BCUT2D eigenvalue weighted by molar-refractivity contribution is 0.255. The van der Waals surface area contributed by atoms with E-state index in [2.05, 4.69) is 15.8 Å². The lowest BCUT2D eigenvalue weighted by Crippen LogP contribution is -2.23. The highest BCUT2D eigenvalue weighted by atomic mass is 35.5. The molecule has 0 saturated carbocycles. The maximum Gasteiger partial charge on any atom is 0.324 e. The lowest BCUT2D eigenvalue weighted by atomic mass is 10.2. The van der Waals surface area contributed by atoms with Gasteiger partial charge in [0.05, 0.1) is 0 Å². The minimum Gasteiger partial charge on any atom is -0.360 e. The minimum absolute atomic E-state index is 0.367. The van der Waals surface area contributed by atoms with E-state index in [0.717, 1.165) is 5.56 Å². The van der Waals surface area contributed by atoms with E-state index in [4.69, 9.17) is 16.1 Å². The number of aromatic nitrogens is 1. The summed E-state index contributed by atoms with van der Waals surface area (Å²) >= 11 is 5.84. The molecule has 5 nitrogen and oxygen atoms in total. The van der Waals surface area contributed by atoms with E-state index in [9.17, 15) is 4.79 Å². The SMILES string of the molecule is Cc1cc(NC(=O)N/C=C/c2cccc(Cl)c2)no1. The molecular weight excluding hydrogens is 266 g/mol. The monoisotopic (exact) mass is 277 g/mol. The van der Waals surface area contributed by atoms with Crippen LogP contribution in [0.4, 0.5) is 10.6 Å². The number of aryl methyl sites for hydroxylation is 1. The molecule has 0 aliphatic carbocycles. The molecule has 19 heavy (non-hydrogen) atoms. The van der Waals surface area contributed by atoms with E-state index in [1.807, 2.05) is 12.1 Å². The van der Waals surface area contributed by atoms with Crippen LogP contribution in [0.3, 0.4) is 0 Å². The summed E-state index contributed by atoms with van der Waals surface area (Å²) in [6, 6.07) is 8.51. The summed E-state index contributed by atoms with van der Waals surface area (Å²) in [6.07, 6.45) is 3.26. The quantitative estimate of drug-likeness (QED) is 0.903. The summed E-state index contributed by atoms with van der Waals surface area (Å²) in [7, 11) is 0. The van der Waals surface area contributed by atoms with E-state index in [0.29, 0.717) is 16.6 Å². The molecular formula is C13H12ClN3O2. The first-order valence-electron chi connectivity index (χ1n) is 5.56. The number of nitrogens with one attached hydrogen (secondary N) is 2. The van der Waals surface area contributed by atoms with E-state index in [1.165, 1.54) is 6.20 Å². The van der Waals surface area contributed by atoms with E-state index >= 15 is 0 Å². The molecule has 0 aliphatic heterocycles. The van der Waals surface area contributed by atoms with E-state index in [-0.39, 0.29) is 0 Å². The summed E-state index contributed by atoms with van der Waals surface area (Å²) in [6.45, 7) is 1.75. The molecule has 0 unspecified atom stereocenters. The molecule has 98 valence electrons. The Morgan fingerprint density at radius 3 is 2.95 bits per heavy atom. The standard InChI is InChI=1S/C13H12ClN3O2/c1-9-7-12(17-19-9)16-13(18)15-6-5-10-3-2-4-11(14)8-10/h2-8H,1H3,(H2,15,16,17,18)/b6-5+. The van der Waals surface area contributed by atoms with Gasteiger partial charge in [-0.3, -0.25) is 5.32 Å². The number of amides is 2. The first kappa shape index (κ1) is 13.2. The number of benzene rings is 1. The molecule has 6 heteroatoms. The second-order valence-electron chi connectivity index (χ2n) is 3.81. The molecule has 0 aliphatic rings. The minimum atomic E-state index is -0.397. The van der Waals surface area contributed by atoms with E-state index in [1.54, 1.807) is 31.2 Å². The van der Waals surface area contributed by atoms with Crippen molar-refractivity contribution in [1.29, 1.82) is 0 Å². The van der Waals surface area contributed by atoms with Crippen molar-refractivity contribution in [3.05, 3.63) is 52.9 Å². The summed E-state index contributed by atoms with van der Waals surface area (Å²) in [4.78, 5) is 11.5. The summed E-state index contributed by atoms with van der Waals surface area (Å²) in [5, 5.41) is 9.37. The fourth-order valence-electron chi connectivity index (χ4n) is 1.40. The van der Waals surface area contributed by atoms with Gasteiger partial charge in [-0.2, -0.15) is 0 Å². The third-order valence-electron chi connectivity index (χ3n) is 2.21. The molecule has 2 aromatic rings. The average molecular weight is 278 g/mol. The molecule has 0 bridgehead atoms. The van der Waals surface area contributed by atoms with Gasteiger partial charge in [0.1, 0.15) is 5.76 Å². The van der Waals surface area contributed by atoms with Crippen molar-refractivity contribution in [3.8, 4) is 0 Å². The van der Waals surface area contributed by atoms with Crippen LogP contribution in [0.15, 0.2) is 41.1 Å². The zero-order valence-electron chi connectivity index (χ0n) is 10.2. The summed E-state index contributed by atoms with van der Waals surface area (Å²) in [5.41, 5.74) is 0.894. The smallest absolute Gasteiger partial charge is 0.324 e. The predicted octanol–water partition coefficient (Wildman–Crippen LogP) is 3.43. The number of halogens is 1. The lowest BCUT2D eigenvalue weighted by Gasteiger charge is -1.99. The number of hydrogen-bond donors (Lipinski definition) is 2. The van der Waals surface area contributed by atoms with Crippen molar-refractivity contribution in [2.75, 3.05) is 5.32 Å². The number of carbonyl (C=O) groups is 1. The molecule has 2 amide bonds. The van der Waals surface area contributed by atoms with Gasteiger partial charge in [-0.15, -0.1) is 0 Å². The number of carbonyl (C=O) groups excluding carboxylic acids is 1. The fourth-order valence-corrected chi connectivity index (χ4v) is 1.60. The second-order valence-corrected chi connectivity index (χ2v) is 4.25. The normalized spacial score (nSPS) is 10.6. The van der Waals surface area contributed by atoms with Gasteiger partial charge in [-0.25, -0.2) is 4.79 Å². The van der Waals surface area contributed by atoms with Crippen LogP contribution in [0.25, 0.3) is 6.08 Å². The van der Waals surface area contributed by atoms with Crippen molar-refractivity contribution in [2.24, 2.45) is 0 Å². The van der Waals surface area contributed by atoms with Gasteiger partial charge in [0, 0.05) is 17.3 Å². The fraction of sp³-hybridized carbons (Fsp3) is 0.0769. The number of hydrogen-bond acceptors (Lipinski definition) is 3. The van der Waals surface area contributed by atoms with Crippen molar-refractivity contribution in [2.45, 2.75) is 6.92 Å². The van der Waals surface area contributed by atoms with Gasteiger partial charge in [0.25, 0.3) is 0 Å². The third kappa shape index (κ3) is 4.15. The van der Waals surface area contributed by atoms with Crippen molar-refractivity contribution >= 4 is 29.5 Å². The van der Waals surface area contributed by atoms with Crippen LogP contribution in [-0.4, -0.2) is 11.2 Å². The zero-order valence-corrected chi connectivity index (χ0v) is 10.9. The number of rotatable bonds is 3. The molecule has 0 spiro atoms. The van der Waals surface area contributed by atoms with Gasteiger partial charge < -0.3 is 9.84 Å². The van der Waals surface area contributed by atoms with Crippen molar-refractivity contribution in [1.82, 2.24) is 10.5 Å². The van der Waals surface area contributed by atoms with Gasteiger partial charge in [-0.05, 0) is 30.7 Å². The van der Waals surface area contributed by atoms with Gasteiger partial charge in [-0.1, -0.05) is 28.9 Å². The van der Waals surface area contributed by atoms with Crippen molar-refractivity contribution < 1.29 is 9.32 Å². The maximum absolute atomic E-state index is 11.5. The molecule has 0 fully saturated rings. The van der Waals surface area contributed by atoms with Gasteiger partial charge >= 0.3 is 6.03 Å². The molecule has 1 aromatic carbocycles. The van der Waals surface area contributed by atoms with Crippen LogP contribution in [0.5, 0.6) is 0 Å². The molecule has 0 saturated heterocycles. The molecule has 1 aromatic heterocycles. The third-order valence-corrected chi connectivity index (χ3v) is 2.44. The van der Waals surface area contributed by atoms with Crippen LogP contribution in [-0.2, 0) is 0 Å². The Balaban J connectivity index is 1.86. The average Bonchev–Trinajstić information content (AvgIpc) is 2.75. The Hall–Kier alpha value is -2.27. The highest BCUT2D eigenvalue weighted by Gasteiger charge is 2.03. The van der Waals surface area contributed by atoms with Crippen LogP contribution in [0.1, 0.15) is 11.3 Å². The Kier molecular flexibility index (Phi) is 4.20. The number of urea groups is 1. The largest absolute Gasteiger partial charge is 0.360 e. The molecule has 2 N–H and O–H groups in total. The molecule has 0 radical (unpaired) electrons. The Morgan fingerprint density at radius 2 is 2.26 bits per heavy atom. The zero-order chi connectivity index (χ0) is 13.7. The highest BCUT2D eigenvalue weighted by Crippen LogP contribution is 2.11. The van der Waals surface area contributed by atoms with Crippen LogP contribution in [0, 0.1) is 6.92 Å². The van der Waals surface area contributed by atoms with Crippen molar-refractivity contribution in [3.63, 3.8) is 0 Å². The van der Waals surface area contributed by atoms with Crippen LogP contribution >= 0.6 is 11.6 Å². The second kappa shape index (κ2) is 6.06. The molecule has 1 heterocycles. The van der Waals surface area contributed by atoms with Crippen LogP contribution in [0.2, 0.25) is 5.02 Å². The topological polar surface area (TPSA) is 67.2 Å². The Labute approximate surface area is 115 Å². The van der Waals surface area contributed by atoms with Gasteiger partial charge in [0.2, 0.25) is 0 Å². The predicted molar refractivity (Wildman–Crippen MR) is 73.9 cm³/mol. The Morgan fingerprint density at radius 1 is 1.42 bits per heavy atom. The van der Waals surface area contributed by atoms with Crippen LogP contribution < -0.4 is 10.6 Å². The maximum atomic E-state index is 11.5. The summed E-state index contributed by atoms with van der Waals surface area (Å²) in [5.74, 6) is 0.996. The van der Waals surface area contributed by atoms with Gasteiger partial charge in [0.15, 0.2) is 5.82 Å². The molecule has 0 atom stereocenters. The molecule has 2 rings (SSSR count). The summed E-state index contributed by atoms with van der Waals surface area (Å²) < 4.78 is 4.83. The number of nitrogens with zero attached hydrogens (tertiary/aromatic N) is 1. The first-order valence-corrected chi connectivity index (χ1v) is 5.94. The van der Waals surface area contributed by atoms with E-state index < -0.39 is 6.03 Å². The Bertz CT molecular complexity index is 607. The highest BCUT2D eigenvalue weighted by molar-refractivity contribution is 6.30. The number of anilines is 1.